The Morgan fingerprint density at radius 2 is 1.91 bits per heavy atom. The fraction of sp³-hybridized carbons (Fsp3) is 0.444. The van der Waals surface area contributed by atoms with Crippen LogP contribution in [0, 0.1) is 0 Å². The standard InChI is InChI=1S/C18H22N4O/c1-14(23)21-10-7-18(8-11-21)17-19-13-16(22(17)12-9-20-18)15-5-3-2-4-6-15/h2-6,13,20H,7-12H2,1H3. The Labute approximate surface area is 136 Å². The summed E-state index contributed by atoms with van der Waals surface area (Å²) in [5.74, 6) is 1.30. The van der Waals surface area contributed by atoms with Crippen molar-refractivity contribution in [2.24, 2.45) is 0 Å². The molecule has 2 aromatic rings. The zero-order valence-corrected chi connectivity index (χ0v) is 13.5. The number of hydrogen-bond acceptors (Lipinski definition) is 3. The van der Waals surface area contributed by atoms with E-state index in [1.165, 1.54) is 11.3 Å². The Morgan fingerprint density at radius 3 is 2.61 bits per heavy atom. The maximum atomic E-state index is 11.6. The van der Waals surface area contributed by atoms with Crippen LogP contribution in [0.3, 0.4) is 0 Å². The normalized spacial score (nSPS) is 19.6. The summed E-state index contributed by atoms with van der Waals surface area (Å²) < 4.78 is 2.36. The number of amides is 1. The first-order valence-corrected chi connectivity index (χ1v) is 8.32. The van der Waals surface area contributed by atoms with Gasteiger partial charge in [-0.05, 0) is 18.4 Å². The monoisotopic (exact) mass is 310 g/mol. The van der Waals surface area contributed by atoms with Crippen molar-refractivity contribution in [1.29, 1.82) is 0 Å². The van der Waals surface area contributed by atoms with Crippen LogP contribution in [0.5, 0.6) is 0 Å². The van der Waals surface area contributed by atoms with E-state index >= 15 is 0 Å². The number of hydrogen-bond donors (Lipinski definition) is 1. The minimum absolute atomic E-state index is 0.0861. The van der Waals surface area contributed by atoms with Gasteiger partial charge < -0.3 is 14.8 Å². The highest BCUT2D eigenvalue weighted by molar-refractivity contribution is 5.73. The Hall–Kier alpha value is -2.14. The Morgan fingerprint density at radius 1 is 1.17 bits per heavy atom. The minimum Gasteiger partial charge on any atom is -0.343 e. The van der Waals surface area contributed by atoms with Crippen molar-refractivity contribution in [2.75, 3.05) is 19.6 Å². The molecule has 5 heteroatoms. The van der Waals surface area contributed by atoms with E-state index in [-0.39, 0.29) is 11.4 Å². The van der Waals surface area contributed by atoms with E-state index in [9.17, 15) is 4.79 Å². The van der Waals surface area contributed by atoms with Crippen LogP contribution in [-0.4, -0.2) is 40.0 Å². The van der Waals surface area contributed by atoms with E-state index in [1.54, 1.807) is 6.92 Å². The van der Waals surface area contributed by atoms with Gasteiger partial charge in [-0.25, -0.2) is 4.98 Å². The molecule has 2 aliphatic heterocycles. The second-order valence-electron chi connectivity index (χ2n) is 6.50. The average molecular weight is 310 g/mol. The number of aromatic nitrogens is 2. The highest BCUT2D eigenvalue weighted by Gasteiger charge is 2.42. The largest absolute Gasteiger partial charge is 0.343 e. The number of imidazole rings is 1. The lowest BCUT2D eigenvalue weighted by molar-refractivity contribution is -0.130. The fourth-order valence-electron chi connectivity index (χ4n) is 3.91. The summed E-state index contributed by atoms with van der Waals surface area (Å²) in [5, 5.41) is 3.69. The van der Waals surface area contributed by atoms with Crippen LogP contribution in [0.4, 0.5) is 0 Å². The molecule has 0 bridgehead atoms. The van der Waals surface area contributed by atoms with E-state index in [2.05, 4.69) is 34.1 Å². The average Bonchev–Trinajstić information content (AvgIpc) is 3.02. The fourth-order valence-corrected chi connectivity index (χ4v) is 3.91. The van der Waals surface area contributed by atoms with E-state index < -0.39 is 0 Å². The first-order valence-electron chi connectivity index (χ1n) is 8.32. The van der Waals surface area contributed by atoms with Crippen LogP contribution in [0.2, 0.25) is 0 Å². The summed E-state index contributed by atoms with van der Waals surface area (Å²) in [6.07, 6.45) is 3.85. The molecule has 1 aromatic heterocycles. The van der Waals surface area contributed by atoms with Crippen LogP contribution in [0.25, 0.3) is 11.3 Å². The van der Waals surface area contributed by atoms with Crippen LogP contribution in [0.1, 0.15) is 25.6 Å². The number of benzene rings is 1. The van der Waals surface area contributed by atoms with E-state index in [1.807, 2.05) is 17.2 Å². The van der Waals surface area contributed by atoms with Gasteiger partial charge in [0.15, 0.2) is 0 Å². The van der Waals surface area contributed by atoms with Gasteiger partial charge in [-0.2, -0.15) is 0 Å². The summed E-state index contributed by atoms with van der Waals surface area (Å²) in [6, 6.07) is 10.4. The molecule has 4 rings (SSSR count). The first kappa shape index (κ1) is 14.5. The summed E-state index contributed by atoms with van der Waals surface area (Å²) in [5.41, 5.74) is 2.32. The molecule has 1 spiro atoms. The van der Waals surface area contributed by atoms with Crippen LogP contribution < -0.4 is 5.32 Å². The number of likely N-dealkylation sites (tertiary alicyclic amines) is 1. The Kier molecular flexibility index (Phi) is 3.45. The van der Waals surface area contributed by atoms with Crippen molar-refractivity contribution >= 4 is 5.91 Å². The summed E-state index contributed by atoms with van der Waals surface area (Å²) in [6.45, 7) is 5.15. The second-order valence-corrected chi connectivity index (χ2v) is 6.50. The molecule has 1 saturated heterocycles. The summed E-state index contributed by atoms with van der Waals surface area (Å²) in [7, 11) is 0. The van der Waals surface area contributed by atoms with Gasteiger partial charge in [0.05, 0.1) is 17.4 Å². The molecule has 1 fully saturated rings. The summed E-state index contributed by atoms with van der Waals surface area (Å²) in [4.78, 5) is 18.3. The maximum absolute atomic E-state index is 11.6. The van der Waals surface area contributed by atoms with E-state index in [0.717, 1.165) is 44.8 Å². The number of nitrogens with one attached hydrogen (secondary N) is 1. The van der Waals surface area contributed by atoms with Gasteiger partial charge in [0.25, 0.3) is 0 Å². The predicted molar refractivity (Wildman–Crippen MR) is 88.8 cm³/mol. The van der Waals surface area contributed by atoms with Crippen molar-refractivity contribution in [3.05, 3.63) is 42.4 Å². The van der Waals surface area contributed by atoms with E-state index in [0.29, 0.717) is 0 Å². The molecule has 2 aliphatic rings. The number of nitrogens with zero attached hydrogens (tertiary/aromatic N) is 3. The second kappa shape index (κ2) is 5.49. The Balaban J connectivity index is 1.68. The topological polar surface area (TPSA) is 50.2 Å². The van der Waals surface area contributed by atoms with Crippen molar-refractivity contribution < 1.29 is 4.79 Å². The van der Waals surface area contributed by atoms with Gasteiger partial charge in [-0.3, -0.25) is 4.79 Å². The SMILES string of the molecule is CC(=O)N1CCC2(CC1)NCCn1c(-c3ccccc3)cnc12. The zero-order valence-electron chi connectivity index (χ0n) is 13.5. The first-order chi connectivity index (χ1) is 11.2. The molecule has 0 unspecified atom stereocenters. The van der Waals surface area contributed by atoms with Crippen LogP contribution in [0.15, 0.2) is 36.5 Å². The lowest BCUT2D eigenvalue weighted by atomic mass is 9.85. The molecule has 1 amide bonds. The highest BCUT2D eigenvalue weighted by Crippen LogP contribution is 2.36. The maximum Gasteiger partial charge on any atom is 0.219 e. The molecule has 0 saturated carbocycles. The van der Waals surface area contributed by atoms with Crippen LogP contribution in [-0.2, 0) is 16.9 Å². The van der Waals surface area contributed by atoms with Crippen molar-refractivity contribution in [1.82, 2.24) is 19.8 Å². The van der Waals surface area contributed by atoms with Crippen molar-refractivity contribution in [3.8, 4) is 11.3 Å². The molecular weight excluding hydrogens is 288 g/mol. The van der Waals surface area contributed by atoms with Crippen molar-refractivity contribution in [3.63, 3.8) is 0 Å². The molecule has 0 radical (unpaired) electrons. The molecule has 0 atom stereocenters. The number of fused-ring (bicyclic) bond motifs is 2. The van der Waals surface area contributed by atoms with Gasteiger partial charge in [-0.1, -0.05) is 30.3 Å². The van der Waals surface area contributed by atoms with Gasteiger partial charge in [0.2, 0.25) is 5.91 Å². The minimum atomic E-state index is -0.0861. The van der Waals surface area contributed by atoms with Crippen LogP contribution >= 0.6 is 0 Å². The van der Waals surface area contributed by atoms with Crippen molar-refractivity contribution in [2.45, 2.75) is 31.8 Å². The third-order valence-corrected chi connectivity index (χ3v) is 5.21. The highest BCUT2D eigenvalue weighted by atomic mass is 16.2. The molecule has 3 heterocycles. The summed E-state index contributed by atoms with van der Waals surface area (Å²) >= 11 is 0. The lowest BCUT2D eigenvalue weighted by Gasteiger charge is -2.44. The predicted octanol–water partition coefficient (Wildman–Crippen LogP) is 1.99. The molecule has 1 N–H and O–H groups in total. The molecule has 1 aromatic carbocycles. The quantitative estimate of drug-likeness (QED) is 0.876. The molecule has 5 nitrogen and oxygen atoms in total. The Bertz CT molecular complexity index is 714. The number of rotatable bonds is 1. The van der Waals surface area contributed by atoms with Gasteiger partial charge in [0, 0.05) is 33.1 Å². The third-order valence-electron chi connectivity index (χ3n) is 5.21. The third kappa shape index (κ3) is 2.36. The van der Waals surface area contributed by atoms with Gasteiger partial charge in [-0.15, -0.1) is 0 Å². The number of carbonyl (C=O) groups excluding carboxylic acids is 1. The van der Waals surface area contributed by atoms with Gasteiger partial charge in [0.1, 0.15) is 5.82 Å². The molecule has 120 valence electrons. The smallest absolute Gasteiger partial charge is 0.219 e. The molecular formula is C18H22N4O. The molecule has 23 heavy (non-hydrogen) atoms. The zero-order chi connectivity index (χ0) is 15.9. The number of carbonyl (C=O) groups is 1. The van der Waals surface area contributed by atoms with Gasteiger partial charge >= 0.3 is 0 Å². The van der Waals surface area contributed by atoms with E-state index in [4.69, 9.17) is 4.98 Å². The lowest BCUT2D eigenvalue weighted by Crippen LogP contribution is -2.56. The molecule has 0 aliphatic carbocycles. The number of piperidine rings is 1.